The van der Waals surface area contributed by atoms with E-state index >= 15 is 0 Å². The van der Waals surface area contributed by atoms with E-state index in [0.717, 1.165) is 29.6 Å². The molecule has 0 aromatic carbocycles. The van der Waals surface area contributed by atoms with E-state index in [9.17, 15) is 0 Å². The van der Waals surface area contributed by atoms with Gasteiger partial charge in [-0.1, -0.05) is 90.4 Å². The van der Waals surface area contributed by atoms with Crippen molar-refractivity contribution in [3.8, 4) is 0 Å². The summed E-state index contributed by atoms with van der Waals surface area (Å²) in [5.74, 6) is 4.68. The molecular weight excluding hydrogens is 381 g/mol. The van der Waals surface area contributed by atoms with E-state index < -0.39 is 33.5 Å². The van der Waals surface area contributed by atoms with Gasteiger partial charge in [-0.15, -0.1) is 0 Å². The summed E-state index contributed by atoms with van der Waals surface area (Å²) in [6, 6.07) is 0. The Morgan fingerprint density at radius 2 is 0.727 bits per heavy atom. The van der Waals surface area contributed by atoms with Crippen LogP contribution in [0.2, 0.25) is 39.3 Å². The molecule has 0 heterocycles. The van der Waals surface area contributed by atoms with Crippen molar-refractivity contribution >= 4 is 35.1 Å². The van der Waals surface area contributed by atoms with E-state index in [2.05, 4.69) is 73.9 Å². The van der Waals surface area contributed by atoms with Crippen LogP contribution in [-0.4, -0.2) is 16.5 Å². The first kappa shape index (κ1) is 25.9. The topological polar surface area (TPSA) is 14.1 Å². The maximum absolute atomic E-state index is 4.89. The van der Waals surface area contributed by atoms with Crippen LogP contribution in [0.1, 0.15) is 34.6 Å². The Bertz CT molecular complexity index is 236. The standard InChI is InChI=1S/C10H20.C6H18NSi2.2ClH.Ti/c1-6-7(2)9(4)10(5)8(6)3;1-8(2,3)7-9(4,5)6;;;/h6-10H,1-5H3;1-6H3;2*1H;/q;-1;;;+2/p-2. The van der Waals surface area contributed by atoms with Crippen LogP contribution in [0.5, 0.6) is 0 Å². The van der Waals surface area contributed by atoms with E-state index in [1.54, 1.807) is 0 Å². The number of hydrogen-bond acceptors (Lipinski definition) is 0. The van der Waals surface area contributed by atoms with Crippen molar-refractivity contribution in [3.63, 3.8) is 0 Å². The summed E-state index contributed by atoms with van der Waals surface area (Å²) in [5.41, 5.74) is 0. The molecule has 1 aliphatic rings. The van der Waals surface area contributed by atoms with Crippen LogP contribution in [0.25, 0.3) is 4.65 Å². The van der Waals surface area contributed by atoms with Crippen LogP contribution < -0.4 is 0 Å². The van der Waals surface area contributed by atoms with Crippen molar-refractivity contribution in [2.24, 2.45) is 29.6 Å². The average Bonchev–Trinajstić information content (AvgIpc) is 2.45. The first-order chi connectivity index (χ1) is 9.67. The van der Waals surface area contributed by atoms with E-state index in [-0.39, 0.29) is 0 Å². The van der Waals surface area contributed by atoms with Crippen molar-refractivity contribution in [1.82, 2.24) is 0 Å². The van der Waals surface area contributed by atoms with E-state index in [1.807, 2.05) is 0 Å². The molecule has 1 aliphatic carbocycles. The molecule has 0 atom stereocenters. The summed E-state index contributed by atoms with van der Waals surface area (Å²) < 4.78 is 4.82. The molecule has 1 fully saturated rings. The maximum atomic E-state index is 4.89. The zero-order valence-corrected chi connectivity index (χ0v) is 21.7. The van der Waals surface area contributed by atoms with E-state index in [1.165, 1.54) is 0 Å². The van der Waals surface area contributed by atoms with Gasteiger partial charge in [0, 0.05) is 0 Å². The molecule has 1 saturated carbocycles. The summed E-state index contributed by atoms with van der Waals surface area (Å²) in [4.78, 5) is 0. The van der Waals surface area contributed by atoms with Crippen molar-refractivity contribution in [2.75, 3.05) is 0 Å². The summed E-state index contributed by atoms with van der Waals surface area (Å²) in [5, 5.41) is 0. The first-order valence-electron chi connectivity index (χ1n) is 8.38. The summed E-state index contributed by atoms with van der Waals surface area (Å²) in [6.45, 7) is 25.8. The predicted octanol–water partition coefficient (Wildman–Crippen LogP) is 7.59. The van der Waals surface area contributed by atoms with Gasteiger partial charge in [0.05, 0.1) is 0 Å². The Hall–Kier alpha value is 1.69. The SMILES string of the molecule is CC1C(C)C(C)C(C)C1C.C[Si](C)(C)[N-][Si](C)(C)C.[Cl][Ti][Cl]. The monoisotopic (exact) mass is 418 g/mol. The van der Waals surface area contributed by atoms with Gasteiger partial charge in [0.2, 0.25) is 0 Å². The van der Waals surface area contributed by atoms with E-state index in [0.29, 0.717) is 0 Å². The molecular formula is C16H38Cl2NSi2Ti-. The molecule has 1 rings (SSSR count). The second kappa shape index (κ2) is 11.3. The number of nitrogens with zero attached hydrogens (tertiary/aromatic N) is 1. The fourth-order valence-electron chi connectivity index (χ4n) is 3.40. The van der Waals surface area contributed by atoms with Gasteiger partial charge in [-0.2, -0.15) is 0 Å². The molecule has 0 unspecified atom stereocenters. The fourth-order valence-corrected chi connectivity index (χ4v) is 11.5. The quantitative estimate of drug-likeness (QED) is 0.410. The molecule has 0 saturated heterocycles. The Morgan fingerprint density at radius 3 is 0.773 bits per heavy atom. The van der Waals surface area contributed by atoms with Crippen LogP contribution in [0.4, 0.5) is 0 Å². The molecule has 0 aromatic rings. The molecule has 0 aliphatic heterocycles. The van der Waals surface area contributed by atoms with Gasteiger partial charge in [0.25, 0.3) is 0 Å². The minimum atomic E-state index is -1.11. The summed E-state index contributed by atoms with van der Waals surface area (Å²) in [7, 11) is 7.57. The Labute approximate surface area is 159 Å². The van der Waals surface area contributed by atoms with Crippen molar-refractivity contribution in [1.29, 1.82) is 0 Å². The van der Waals surface area contributed by atoms with Gasteiger partial charge in [0.15, 0.2) is 0 Å². The van der Waals surface area contributed by atoms with Crippen LogP contribution in [-0.2, 0) is 17.0 Å². The van der Waals surface area contributed by atoms with Crippen molar-refractivity contribution < 1.29 is 17.0 Å². The zero-order valence-electron chi connectivity index (χ0n) is 16.6. The third-order valence-corrected chi connectivity index (χ3v) is 10.2. The molecule has 0 spiro atoms. The Morgan fingerprint density at radius 1 is 0.591 bits per heavy atom. The third-order valence-electron chi connectivity index (χ3n) is 4.82. The number of halogens is 2. The fraction of sp³-hybridized carbons (Fsp3) is 1.00. The summed E-state index contributed by atoms with van der Waals surface area (Å²) >= 11 is -0.556. The molecule has 0 N–H and O–H groups in total. The number of rotatable bonds is 2. The van der Waals surface area contributed by atoms with Crippen LogP contribution in [0.3, 0.4) is 0 Å². The molecule has 0 bridgehead atoms. The predicted molar refractivity (Wildman–Crippen MR) is 108 cm³/mol. The molecule has 0 amide bonds. The van der Waals surface area contributed by atoms with Gasteiger partial charge in [-0.25, -0.2) is 0 Å². The first-order valence-corrected chi connectivity index (χ1v) is 19.6. The van der Waals surface area contributed by atoms with Gasteiger partial charge in [-0.3, -0.25) is 0 Å². The number of hydrogen-bond donors (Lipinski definition) is 0. The molecule has 134 valence electrons. The second-order valence-corrected chi connectivity index (χ2v) is 21.0. The normalized spacial score (nSPS) is 31.6. The Kier molecular flexibility index (Phi) is 13.4. The van der Waals surface area contributed by atoms with Gasteiger partial charge < -0.3 is 4.65 Å². The molecule has 22 heavy (non-hydrogen) atoms. The van der Waals surface area contributed by atoms with Gasteiger partial charge in [0.1, 0.15) is 0 Å². The van der Waals surface area contributed by atoms with Crippen molar-refractivity contribution in [3.05, 3.63) is 4.65 Å². The van der Waals surface area contributed by atoms with Crippen molar-refractivity contribution in [2.45, 2.75) is 73.9 Å². The van der Waals surface area contributed by atoms with Crippen LogP contribution in [0.15, 0.2) is 0 Å². The third kappa shape index (κ3) is 12.1. The molecule has 6 heteroatoms. The van der Waals surface area contributed by atoms with Gasteiger partial charge >= 0.3 is 35.6 Å². The molecule has 0 radical (unpaired) electrons. The average molecular weight is 419 g/mol. The Balaban J connectivity index is 0. The van der Waals surface area contributed by atoms with Crippen LogP contribution in [0, 0.1) is 29.6 Å². The zero-order chi connectivity index (χ0) is 18.3. The second-order valence-electron chi connectivity index (χ2n) is 8.82. The summed E-state index contributed by atoms with van der Waals surface area (Å²) in [6.07, 6.45) is 0. The van der Waals surface area contributed by atoms with Gasteiger partial charge in [-0.05, 0) is 29.6 Å². The molecule has 0 aromatic heterocycles. The van der Waals surface area contributed by atoms with E-state index in [4.69, 9.17) is 23.3 Å². The molecule has 1 nitrogen and oxygen atoms in total. The van der Waals surface area contributed by atoms with Crippen LogP contribution >= 0.6 is 18.6 Å². The minimum absolute atomic E-state index is 0.556.